The van der Waals surface area contributed by atoms with Gasteiger partial charge in [0.1, 0.15) is 5.69 Å². The fraction of sp³-hybridized carbons (Fsp3) is 0.400. The van der Waals surface area contributed by atoms with E-state index in [0.717, 1.165) is 12.0 Å². The molecule has 0 amide bonds. The van der Waals surface area contributed by atoms with Crippen molar-refractivity contribution >= 4 is 5.97 Å². The smallest absolute Gasteiger partial charge is 0.354 e. The van der Waals surface area contributed by atoms with Gasteiger partial charge >= 0.3 is 5.97 Å². The van der Waals surface area contributed by atoms with E-state index in [-0.39, 0.29) is 5.69 Å². The van der Waals surface area contributed by atoms with E-state index in [1.54, 1.807) is 12.3 Å². The largest absolute Gasteiger partial charge is 0.477 e. The highest BCUT2D eigenvalue weighted by molar-refractivity contribution is 5.85. The first kappa shape index (κ1) is 9.71. The van der Waals surface area contributed by atoms with Gasteiger partial charge in [0, 0.05) is 6.20 Å². The second-order valence-corrected chi connectivity index (χ2v) is 3.45. The summed E-state index contributed by atoms with van der Waals surface area (Å²) in [4.78, 5) is 14.3. The fourth-order valence-electron chi connectivity index (χ4n) is 1.19. The van der Waals surface area contributed by atoms with E-state index >= 15 is 0 Å². The Morgan fingerprint density at radius 1 is 1.62 bits per heavy atom. The van der Waals surface area contributed by atoms with E-state index in [2.05, 4.69) is 18.8 Å². The van der Waals surface area contributed by atoms with Crippen molar-refractivity contribution in [3.8, 4) is 0 Å². The average molecular weight is 179 g/mol. The third-order valence-corrected chi connectivity index (χ3v) is 1.69. The van der Waals surface area contributed by atoms with E-state index in [9.17, 15) is 4.79 Å². The lowest BCUT2D eigenvalue weighted by Gasteiger charge is -2.04. The van der Waals surface area contributed by atoms with Gasteiger partial charge in [-0.2, -0.15) is 0 Å². The molecule has 1 aromatic rings. The lowest BCUT2D eigenvalue weighted by atomic mass is 10.0. The van der Waals surface area contributed by atoms with E-state index < -0.39 is 5.97 Å². The summed E-state index contributed by atoms with van der Waals surface area (Å²) >= 11 is 0. The van der Waals surface area contributed by atoms with Crippen molar-refractivity contribution in [3.63, 3.8) is 0 Å². The van der Waals surface area contributed by atoms with Crippen molar-refractivity contribution in [2.45, 2.75) is 20.3 Å². The molecule has 0 aliphatic heterocycles. The van der Waals surface area contributed by atoms with Crippen LogP contribution >= 0.6 is 0 Å². The summed E-state index contributed by atoms with van der Waals surface area (Å²) in [5.74, 6) is -0.436. The minimum atomic E-state index is -0.967. The Bertz CT molecular complexity index is 308. The molecule has 0 spiro atoms. The van der Waals surface area contributed by atoms with Gasteiger partial charge in [0.05, 0.1) is 0 Å². The van der Waals surface area contributed by atoms with Gasteiger partial charge in [-0.15, -0.1) is 0 Å². The summed E-state index contributed by atoms with van der Waals surface area (Å²) in [5, 5.41) is 8.68. The van der Waals surface area contributed by atoms with Gasteiger partial charge in [0.2, 0.25) is 0 Å². The van der Waals surface area contributed by atoms with Gasteiger partial charge < -0.3 is 5.11 Å². The SMILES string of the molecule is CC(C)Cc1ccnc(C(=O)O)c1. The molecule has 0 fully saturated rings. The quantitative estimate of drug-likeness (QED) is 0.771. The molecule has 70 valence electrons. The Labute approximate surface area is 77.4 Å². The molecule has 1 N–H and O–H groups in total. The first-order valence-corrected chi connectivity index (χ1v) is 4.28. The van der Waals surface area contributed by atoms with Crippen LogP contribution in [0.25, 0.3) is 0 Å². The van der Waals surface area contributed by atoms with Crippen LogP contribution < -0.4 is 0 Å². The minimum absolute atomic E-state index is 0.123. The molecule has 0 bridgehead atoms. The number of aromatic carboxylic acids is 1. The lowest BCUT2D eigenvalue weighted by Crippen LogP contribution is -2.02. The number of aromatic nitrogens is 1. The highest BCUT2D eigenvalue weighted by Crippen LogP contribution is 2.08. The molecule has 1 aromatic heterocycles. The highest BCUT2D eigenvalue weighted by atomic mass is 16.4. The van der Waals surface area contributed by atoms with Crippen LogP contribution in [0, 0.1) is 5.92 Å². The number of carboxylic acid groups (broad SMARTS) is 1. The van der Waals surface area contributed by atoms with Crippen molar-refractivity contribution in [3.05, 3.63) is 29.6 Å². The van der Waals surface area contributed by atoms with Gasteiger partial charge in [-0.1, -0.05) is 13.8 Å². The number of carbonyl (C=O) groups is 1. The molecule has 1 heterocycles. The number of hydrogen-bond donors (Lipinski definition) is 1. The second-order valence-electron chi connectivity index (χ2n) is 3.45. The first-order valence-electron chi connectivity index (χ1n) is 4.28. The standard InChI is InChI=1S/C10H13NO2/c1-7(2)5-8-3-4-11-9(6-8)10(12)13/h3-4,6-7H,5H2,1-2H3,(H,12,13). The normalized spacial score (nSPS) is 10.4. The molecule has 0 aliphatic carbocycles. The Morgan fingerprint density at radius 2 is 2.31 bits per heavy atom. The van der Waals surface area contributed by atoms with Gasteiger partial charge in [-0.25, -0.2) is 9.78 Å². The van der Waals surface area contributed by atoms with Crippen LogP contribution in [0.5, 0.6) is 0 Å². The molecule has 0 unspecified atom stereocenters. The zero-order valence-corrected chi connectivity index (χ0v) is 7.82. The molecule has 0 saturated heterocycles. The maximum Gasteiger partial charge on any atom is 0.354 e. The number of carboxylic acids is 1. The predicted octanol–water partition coefficient (Wildman–Crippen LogP) is 1.98. The number of rotatable bonds is 3. The van der Waals surface area contributed by atoms with Crippen molar-refractivity contribution in [2.75, 3.05) is 0 Å². The summed E-state index contributed by atoms with van der Waals surface area (Å²) in [6.07, 6.45) is 2.43. The molecule has 0 saturated carbocycles. The van der Waals surface area contributed by atoms with Crippen LogP contribution in [-0.4, -0.2) is 16.1 Å². The number of hydrogen-bond acceptors (Lipinski definition) is 2. The van der Waals surface area contributed by atoms with E-state index in [4.69, 9.17) is 5.11 Å². The van der Waals surface area contributed by atoms with Crippen LogP contribution in [0.1, 0.15) is 29.9 Å². The summed E-state index contributed by atoms with van der Waals surface area (Å²) in [6.45, 7) is 4.20. The topological polar surface area (TPSA) is 50.2 Å². The zero-order valence-electron chi connectivity index (χ0n) is 7.82. The molecule has 3 nitrogen and oxygen atoms in total. The molecule has 13 heavy (non-hydrogen) atoms. The van der Waals surface area contributed by atoms with Crippen molar-refractivity contribution in [1.29, 1.82) is 0 Å². The van der Waals surface area contributed by atoms with Gasteiger partial charge in [-0.05, 0) is 30.0 Å². The fourth-order valence-corrected chi connectivity index (χ4v) is 1.19. The Kier molecular flexibility index (Phi) is 3.01. The van der Waals surface area contributed by atoms with Crippen molar-refractivity contribution < 1.29 is 9.90 Å². The van der Waals surface area contributed by atoms with Crippen LogP contribution in [0.15, 0.2) is 18.3 Å². The molecular formula is C10H13NO2. The van der Waals surface area contributed by atoms with E-state index in [0.29, 0.717) is 5.92 Å². The third kappa shape index (κ3) is 2.86. The predicted molar refractivity (Wildman–Crippen MR) is 49.7 cm³/mol. The molecule has 0 radical (unpaired) electrons. The van der Waals surface area contributed by atoms with Crippen molar-refractivity contribution in [2.24, 2.45) is 5.92 Å². The molecule has 0 atom stereocenters. The third-order valence-electron chi connectivity index (χ3n) is 1.69. The molecule has 0 aliphatic rings. The average Bonchev–Trinajstić information content (AvgIpc) is 2.03. The maximum atomic E-state index is 10.6. The van der Waals surface area contributed by atoms with Crippen LogP contribution in [0.2, 0.25) is 0 Å². The second kappa shape index (κ2) is 4.03. The molecule has 0 aromatic carbocycles. The Morgan fingerprint density at radius 3 is 2.85 bits per heavy atom. The molecule has 1 rings (SSSR count). The van der Waals surface area contributed by atoms with Gasteiger partial charge in [0.25, 0.3) is 0 Å². The summed E-state index contributed by atoms with van der Waals surface area (Å²) in [7, 11) is 0. The van der Waals surface area contributed by atoms with Gasteiger partial charge in [-0.3, -0.25) is 0 Å². The van der Waals surface area contributed by atoms with Crippen LogP contribution in [-0.2, 0) is 6.42 Å². The Balaban J connectivity index is 2.85. The molecular weight excluding hydrogens is 166 g/mol. The first-order chi connectivity index (χ1) is 6.09. The highest BCUT2D eigenvalue weighted by Gasteiger charge is 2.05. The van der Waals surface area contributed by atoms with Crippen LogP contribution in [0.3, 0.4) is 0 Å². The van der Waals surface area contributed by atoms with Crippen LogP contribution in [0.4, 0.5) is 0 Å². The minimum Gasteiger partial charge on any atom is -0.477 e. The van der Waals surface area contributed by atoms with Gasteiger partial charge in [0.15, 0.2) is 0 Å². The molecule has 3 heteroatoms. The van der Waals surface area contributed by atoms with Crippen molar-refractivity contribution in [1.82, 2.24) is 4.98 Å². The van der Waals surface area contributed by atoms with E-state index in [1.807, 2.05) is 6.07 Å². The van der Waals surface area contributed by atoms with E-state index in [1.165, 1.54) is 0 Å². The monoisotopic (exact) mass is 179 g/mol. The Hall–Kier alpha value is -1.38. The summed E-state index contributed by atoms with van der Waals surface area (Å²) in [5.41, 5.74) is 1.15. The summed E-state index contributed by atoms with van der Waals surface area (Å²) in [6, 6.07) is 3.48. The summed E-state index contributed by atoms with van der Waals surface area (Å²) < 4.78 is 0. The number of pyridine rings is 1. The lowest BCUT2D eigenvalue weighted by molar-refractivity contribution is 0.0690. The zero-order chi connectivity index (χ0) is 9.84. The maximum absolute atomic E-state index is 10.6. The number of nitrogens with zero attached hydrogens (tertiary/aromatic N) is 1.